The van der Waals surface area contributed by atoms with Gasteiger partial charge >= 0.3 is 0 Å². The number of thiazole rings is 1. The number of nitrogens with zero attached hydrogens (tertiary/aromatic N) is 3. The number of benzene rings is 1. The topological polar surface area (TPSA) is 68.5 Å². The molecule has 7 heteroatoms. The zero-order chi connectivity index (χ0) is 18.8. The van der Waals surface area contributed by atoms with E-state index in [-0.39, 0.29) is 5.91 Å². The van der Waals surface area contributed by atoms with Gasteiger partial charge in [0, 0.05) is 34.7 Å². The van der Waals surface area contributed by atoms with Gasteiger partial charge in [-0.05, 0) is 38.1 Å². The number of anilines is 1. The fourth-order valence-corrected chi connectivity index (χ4v) is 3.62. The lowest BCUT2D eigenvalue weighted by molar-refractivity contribution is 0.102. The Kier molecular flexibility index (Phi) is 4.60. The molecule has 6 nitrogen and oxygen atoms in total. The third-order valence-corrected chi connectivity index (χ3v) is 5.08. The van der Waals surface area contributed by atoms with E-state index in [2.05, 4.69) is 32.0 Å². The number of aromatic nitrogens is 3. The molecule has 4 rings (SSSR count). The molecule has 0 aliphatic heterocycles. The van der Waals surface area contributed by atoms with Gasteiger partial charge in [0.2, 0.25) is 5.88 Å². The number of fused-ring (bicyclic) bond motifs is 1. The Hall–Kier alpha value is -3.19. The number of ether oxygens (including phenoxy) is 1. The summed E-state index contributed by atoms with van der Waals surface area (Å²) >= 11 is 1.62. The van der Waals surface area contributed by atoms with Crippen molar-refractivity contribution in [2.75, 3.05) is 11.9 Å². The first-order valence-corrected chi connectivity index (χ1v) is 9.46. The van der Waals surface area contributed by atoms with Crippen LogP contribution >= 0.6 is 11.3 Å². The van der Waals surface area contributed by atoms with Crippen LogP contribution in [-0.4, -0.2) is 26.9 Å². The molecule has 0 atom stereocenters. The highest BCUT2D eigenvalue weighted by Gasteiger charge is 2.14. The monoisotopic (exact) mass is 378 g/mol. The molecule has 0 bridgehead atoms. The van der Waals surface area contributed by atoms with Crippen LogP contribution in [0, 0.1) is 6.92 Å². The summed E-state index contributed by atoms with van der Waals surface area (Å²) in [7, 11) is 0. The second-order valence-electron chi connectivity index (χ2n) is 5.98. The van der Waals surface area contributed by atoms with E-state index in [1.807, 2.05) is 37.4 Å². The number of aryl methyl sites for hydroxylation is 1. The second-order valence-corrected chi connectivity index (χ2v) is 6.81. The molecule has 0 aliphatic rings. The summed E-state index contributed by atoms with van der Waals surface area (Å²) < 4.78 is 7.50. The van der Waals surface area contributed by atoms with E-state index in [0.717, 1.165) is 16.2 Å². The van der Waals surface area contributed by atoms with Gasteiger partial charge in [-0.2, -0.15) is 0 Å². The Bertz CT molecular complexity index is 1100. The van der Waals surface area contributed by atoms with Gasteiger partial charge in [-0.3, -0.25) is 9.20 Å². The highest BCUT2D eigenvalue weighted by Crippen LogP contribution is 2.25. The first-order chi connectivity index (χ1) is 13.2. The number of nitrogens with one attached hydrogen (secondary N) is 1. The normalized spacial score (nSPS) is 10.9. The molecule has 3 heterocycles. The highest BCUT2D eigenvalue weighted by molar-refractivity contribution is 7.15. The first-order valence-electron chi connectivity index (χ1n) is 8.58. The molecule has 0 fully saturated rings. The maximum absolute atomic E-state index is 12.5. The van der Waals surface area contributed by atoms with Gasteiger partial charge in [-0.15, -0.1) is 11.3 Å². The summed E-state index contributed by atoms with van der Waals surface area (Å²) in [4.78, 5) is 22.3. The Morgan fingerprint density at radius 2 is 2.07 bits per heavy atom. The summed E-state index contributed by atoms with van der Waals surface area (Å²) in [5, 5.41) is 4.97. The van der Waals surface area contributed by atoms with Gasteiger partial charge in [0.15, 0.2) is 4.96 Å². The van der Waals surface area contributed by atoms with E-state index in [0.29, 0.717) is 23.7 Å². The predicted octanol–water partition coefficient (Wildman–Crippen LogP) is 4.42. The molecule has 3 aromatic heterocycles. The molecule has 0 unspecified atom stereocenters. The molecule has 0 saturated heterocycles. The number of pyridine rings is 1. The highest BCUT2D eigenvalue weighted by atomic mass is 32.1. The van der Waals surface area contributed by atoms with Crippen LogP contribution in [0.5, 0.6) is 5.88 Å². The predicted molar refractivity (Wildman–Crippen MR) is 107 cm³/mol. The van der Waals surface area contributed by atoms with Gasteiger partial charge in [-0.25, -0.2) is 9.97 Å². The van der Waals surface area contributed by atoms with E-state index < -0.39 is 0 Å². The van der Waals surface area contributed by atoms with Crippen LogP contribution in [0.1, 0.15) is 23.0 Å². The largest absolute Gasteiger partial charge is 0.477 e. The van der Waals surface area contributed by atoms with Gasteiger partial charge < -0.3 is 10.1 Å². The van der Waals surface area contributed by atoms with Crippen molar-refractivity contribution in [1.29, 1.82) is 0 Å². The van der Waals surface area contributed by atoms with E-state index in [1.165, 1.54) is 5.69 Å². The molecule has 1 aromatic carbocycles. The maximum Gasteiger partial charge on any atom is 0.261 e. The molecule has 4 aromatic rings. The van der Waals surface area contributed by atoms with Gasteiger partial charge in [0.25, 0.3) is 5.91 Å². The SMILES string of the molecule is CCOc1ncccc1C(=O)Nc1ccc(-c2cn3c(C)csc3n2)cc1. The van der Waals surface area contributed by atoms with Crippen molar-refractivity contribution in [3.63, 3.8) is 0 Å². The van der Waals surface area contributed by atoms with Crippen molar-refractivity contribution in [2.24, 2.45) is 0 Å². The van der Waals surface area contributed by atoms with Crippen LogP contribution in [0.25, 0.3) is 16.2 Å². The molecular weight excluding hydrogens is 360 g/mol. The third-order valence-electron chi connectivity index (χ3n) is 4.12. The lowest BCUT2D eigenvalue weighted by Gasteiger charge is -2.09. The van der Waals surface area contributed by atoms with Crippen LogP contribution in [0.4, 0.5) is 5.69 Å². The van der Waals surface area contributed by atoms with Crippen molar-refractivity contribution in [2.45, 2.75) is 13.8 Å². The quantitative estimate of drug-likeness (QED) is 0.558. The zero-order valence-corrected chi connectivity index (χ0v) is 15.8. The Balaban J connectivity index is 1.53. The minimum absolute atomic E-state index is 0.252. The van der Waals surface area contributed by atoms with Gasteiger partial charge in [-0.1, -0.05) is 12.1 Å². The van der Waals surface area contributed by atoms with E-state index in [4.69, 9.17) is 4.74 Å². The maximum atomic E-state index is 12.5. The summed E-state index contributed by atoms with van der Waals surface area (Å²) in [5.41, 5.74) is 4.19. The molecular formula is C20H18N4O2S. The molecule has 1 N–H and O–H groups in total. The van der Waals surface area contributed by atoms with E-state index >= 15 is 0 Å². The van der Waals surface area contributed by atoms with Crippen LogP contribution < -0.4 is 10.1 Å². The summed E-state index contributed by atoms with van der Waals surface area (Å²) in [6.45, 7) is 4.37. The Morgan fingerprint density at radius 3 is 2.81 bits per heavy atom. The number of hydrogen-bond donors (Lipinski definition) is 1. The van der Waals surface area contributed by atoms with Crippen molar-refractivity contribution in [3.05, 3.63) is 65.4 Å². The fraction of sp³-hybridized carbons (Fsp3) is 0.150. The smallest absolute Gasteiger partial charge is 0.261 e. The minimum atomic E-state index is -0.252. The van der Waals surface area contributed by atoms with Crippen molar-refractivity contribution >= 4 is 27.9 Å². The molecule has 0 radical (unpaired) electrons. The lowest BCUT2D eigenvalue weighted by atomic mass is 10.1. The number of imidazole rings is 1. The summed E-state index contributed by atoms with van der Waals surface area (Å²) in [5.74, 6) is 0.0833. The number of rotatable bonds is 5. The fourth-order valence-electron chi connectivity index (χ4n) is 2.77. The molecule has 0 saturated carbocycles. The summed E-state index contributed by atoms with van der Waals surface area (Å²) in [6, 6.07) is 11.0. The van der Waals surface area contributed by atoms with Crippen molar-refractivity contribution in [1.82, 2.24) is 14.4 Å². The van der Waals surface area contributed by atoms with Crippen LogP contribution in [0.2, 0.25) is 0 Å². The third kappa shape index (κ3) is 3.41. The number of carbonyl (C=O) groups excluding carboxylic acids is 1. The van der Waals surface area contributed by atoms with Crippen molar-refractivity contribution in [3.8, 4) is 17.1 Å². The second kappa shape index (κ2) is 7.20. The minimum Gasteiger partial charge on any atom is -0.477 e. The van der Waals surface area contributed by atoms with Crippen LogP contribution in [-0.2, 0) is 0 Å². The first kappa shape index (κ1) is 17.2. The number of amides is 1. The van der Waals surface area contributed by atoms with E-state index in [9.17, 15) is 4.79 Å². The van der Waals surface area contributed by atoms with Gasteiger partial charge in [0.1, 0.15) is 5.56 Å². The Labute approximate surface area is 160 Å². The number of carbonyl (C=O) groups is 1. The average molecular weight is 378 g/mol. The van der Waals surface area contributed by atoms with Gasteiger partial charge in [0.05, 0.1) is 12.3 Å². The molecule has 1 amide bonds. The molecule has 27 heavy (non-hydrogen) atoms. The standard InChI is InChI=1S/C20H18N4O2S/c1-3-26-19-16(5-4-10-21-19)18(25)22-15-8-6-14(7-9-15)17-11-24-13(2)12-27-20(24)23-17/h4-12H,3H2,1-2H3,(H,22,25). The van der Waals surface area contributed by atoms with Crippen LogP contribution in [0.15, 0.2) is 54.2 Å². The molecule has 0 spiro atoms. The average Bonchev–Trinajstić information content (AvgIpc) is 3.25. The summed E-state index contributed by atoms with van der Waals surface area (Å²) in [6.07, 6.45) is 3.63. The molecule has 0 aliphatic carbocycles. The zero-order valence-electron chi connectivity index (χ0n) is 15.0. The lowest BCUT2D eigenvalue weighted by Crippen LogP contribution is -2.14. The van der Waals surface area contributed by atoms with Crippen molar-refractivity contribution < 1.29 is 9.53 Å². The number of hydrogen-bond acceptors (Lipinski definition) is 5. The molecule has 136 valence electrons. The Morgan fingerprint density at radius 1 is 1.26 bits per heavy atom. The van der Waals surface area contributed by atoms with Crippen LogP contribution in [0.3, 0.4) is 0 Å². The van der Waals surface area contributed by atoms with E-state index in [1.54, 1.807) is 29.7 Å².